The van der Waals surface area contributed by atoms with Crippen molar-refractivity contribution in [2.45, 2.75) is 44.4 Å². The Hall–Kier alpha value is -0.220. The normalized spacial score (nSPS) is 19.9. The van der Waals surface area contributed by atoms with Gasteiger partial charge in [0, 0.05) is 11.3 Å². The van der Waals surface area contributed by atoms with E-state index in [0.29, 0.717) is 17.0 Å². The molecule has 4 heteroatoms. The second kappa shape index (κ2) is 7.12. The summed E-state index contributed by atoms with van der Waals surface area (Å²) in [6.45, 7) is 6.34. The zero-order valence-corrected chi connectivity index (χ0v) is 10.5. The summed E-state index contributed by atoms with van der Waals surface area (Å²) in [6.07, 6.45) is 3.40. The molecule has 0 radical (unpaired) electrons. The Morgan fingerprint density at radius 2 is 2.20 bits per heavy atom. The number of hydrogen-bond donors (Lipinski definition) is 2. The van der Waals surface area contributed by atoms with Crippen molar-refractivity contribution in [2.75, 3.05) is 18.8 Å². The average molecular weight is 230 g/mol. The molecule has 1 saturated heterocycles. The molecule has 1 aliphatic rings. The molecule has 0 aliphatic carbocycles. The number of amides is 1. The number of thioether (sulfide) groups is 1. The Labute approximate surface area is 96.8 Å². The third-order valence-corrected chi connectivity index (χ3v) is 4.13. The van der Waals surface area contributed by atoms with Crippen molar-refractivity contribution in [3.8, 4) is 0 Å². The van der Waals surface area contributed by atoms with E-state index in [0.717, 1.165) is 19.5 Å². The van der Waals surface area contributed by atoms with Crippen LogP contribution in [0.4, 0.5) is 0 Å². The third-order valence-electron chi connectivity index (χ3n) is 2.76. The second-order valence-electron chi connectivity index (χ2n) is 4.14. The van der Waals surface area contributed by atoms with Crippen LogP contribution in [0.15, 0.2) is 0 Å². The first-order valence-electron chi connectivity index (χ1n) is 5.84. The molecule has 0 aromatic carbocycles. The highest BCUT2D eigenvalue weighted by Gasteiger charge is 2.15. The zero-order valence-electron chi connectivity index (χ0n) is 9.71. The van der Waals surface area contributed by atoms with Gasteiger partial charge in [-0.1, -0.05) is 6.92 Å². The highest BCUT2D eigenvalue weighted by molar-refractivity contribution is 8.00. The molecule has 0 saturated carbocycles. The van der Waals surface area contributed by atoms with Gasteiger partial charge in [-0.25, -0.2) is 0 Å². The minimum Gasteiger partial charge on any atom is -0.353 e. The fourth-order valence-electron chi connectivity index (χ4n) is 1.57. The Bertz CT molecular complexity index is 193. The lowest BCUT2D eigenvalue weighted by Crippen LogP contribution is -2.35. The molecular formula is C11H22N2OS. The molecule has 0 aromatic heterocycles. The Kier molecular flexibility index (Phi) is 6.10. The molecule has 1 fully saturated rings. The van der Waals surface area contributed by atoms with Crippen molar-refractivity contribution in [3.63, 3.8) is 0 Å². The van der Waals surface area contributed by atoms with Crippen LogP contribution in [0.2, 0.25) is 0 Å². The van der Waals surface area contributed by atoms with Crippen molar-refractivity contribution < 1.29 is 4.79 Å². The van der Waals surface area contributed by atoms with E-state index < -0.39 is 0 Å². The smallest absolute Gasteiger partial charge is 0.230 e. The molecule has 88 valence electrons. The molecule has 0 bridgehead atoms. The summed E-state index contributed by atoms with van der Waals surface area (Å²) in [5.74, 6) is 0.808. The van der Waals surface area contributed by atoms with Gasteiger partial charge in [-0.2, -0.15) is 0 Å². The number of rotatable bonds is 5. The number of nitrogens with one attached hydrogen (secondary N) is 2. The van der Waals surface area contributed by atoms with Crippen molar-refractivity contribution in [2.24, 2.45) is 0 Å². The van der Waals surface area contributed by atoms with E-state index in [1.54, 1.807) is 11.8 Å². The molecule has 1 heterocycles. The summed E-state index contributed by atoms with van der Waals surface area (Å²) in [6, 6.07) is 0.311. The van der Waals surface area contributed by atoms with Crippen LogP contribution in [0.1, 0.15) is 33.1 Å². The van der Waals surface area contributed by atoms with Crippen molar-refractivity contribution in [1.29, 1.82) is 0 Å². The lowest BCUT2D eigenvalue weighted by molar-refractivity contribution is -0.119. The Balaban J connectivity index is 2.10. The van der Waals surface area contributed by atoms with Gasteiger partial charge in [-0.15, -0.1) is 11.8 Å². The molecule has 1 aliphatic heterocycles. The SMILES string of the molecule is CCC(C)NC(=O)CSC1CCNCC1. The minimum absolute atomic E-state index is 0.188. The summed E-state index contributed by atoms with van der Waals surface area (Å²) in [4.78, 5) is 11.5. The van der Waals surface area contributed by atoms with Crippen LogP contribution >= 0.6 is 11.8 Å². The van der Waals surface area contributed by atoms with E-state index in [4.69, 9.17) is 0 Å². The van der Waals surface area contributed by atoms with E-state index in [-0.39, 0.29) is 5.91 Å². The van der Waals surface area contributed by atoms with Gasteiger partial charge in [-0.3, -0.25) is 4.79 Å². The summed E-state index contributed by atoms with van der Waals surface area (Å²) < 4.78 is 0. The van der Waals surface area contributed by atoms with Crippen LogP contribution in [0.25, 0.3) is 0 Å². The predicted octanol–water partition coefficient (Wildman–Crippen LogP) is 1.39. The number of carbonyl (C=O) groups excluding carboxylic acids is 1. The van der Waals surface area contributed by atoms with Crippen LogP contribution in [-0.4, -0.2) is 36.0 Å². The van der Waals surface area contributed by atoms with Crippen LogP contribution in [0.3, 0.4) is 0 Å². The van der Waals surface area contributed by atoms with Crippen molar-refractivity contribution in [1.82, 2.24) is 10.6 Å². The maximum absolute atomic E-state index is 11.5. The van der Waals surface area contributed by atoms with Gasteiger partial charge in [0.1, 0.15) is 0 Å². The van der Waals surface area contributed by atoms with Gasteiger partial charge in [0.2, 0.25) is 5.91 Å². The fraction of sp³-hybridized carbons (Fsp3) is 0.909. The number of hydrogen-bond acceptors (Lipinski definition) is 3. The predicted molar refractivity (Wildman–Crippen MR) is 66.2 cm³/mol. The monoisotopic (exact) mass is 230 g/mol. The molecule has 2 N–H and O–H groups in total. The highest BCUT2D eigenvalue weighted by atomic mass is 32.2. The van der Waals surface area contributed by atoms with E-state index in [9.17, 15) is 4.79 Å². The van der Waals surface area contributed by atoms with E-state index in [1.165, 1.54) is 12.8 Å². The van der Waals surface area contributed by atoms with E-state index >= 15 is 0 Å². The number of piperidine rings is 1. The Morgan fingerprint density at radius 3 is 2.80 bits per heavy atom. The topological polar surface area (TPSA) is 41.1 Å². The molecule has 3 nitrogen and oxygen atoms in total. The lowest BCUT2D eigenvalue weighted by Gasteiger charge is -2.22. The Morgan fingerprint density at radius 1 is 1.53 bits per heavy atom. The standard InChI is InChI=1S/C11H22N2OS/c1-3-9(2)13-11(14)8-15-10-4-6-12-7-5-10/h9-10,12H,3-8H2,1-2H3,(H,13,14). The first-order valence-corrected chi connectivity index (χ1v) is 6.89. The van der Waals surface area contributed by atoms with Crippen molar-refractivity contribution >= 4 is 17.7 Å². The maximum atomic E-state index is 11.5. The zero-order chi connectivity index (χ0) is 11.1. The van der Waals surface area contributed by atoms with Gasteiger partial charge < -0.3 is 10.6 Å². The van der Waals surface area contributed by atoms with Gasteiger partial charge in [0.15, 0.2) is 0 Å². The first-order chi connectivity index (χ1) is 7.22. The molecule has 0 spiro atoms. The van der Waals surface area contributed by atoms with Crippen molar-refractivity contribution in [3.05, 3.63) is 0 Å². The van der Waals surface area contributed by atoms with E-state index in [2.05, 4.69) is 17.6 Å². The second-order valence-corrected chi connectivity index (χ2v) is 5.43. The summed E-state index contributed by atoms with van der Waals surface area (Å²) in [5, 5.41) is 7.00. The molecule has 1 atom stereocenters. The van der Waals surface area contributed by atoms with Gasteiger partial charge in [0.25, 0.3) is 0 Å². The van der Waals surface area contributed by atoms with Crippen LogP contribution in [-0.2, 0) is 4.79 Å². The highest BCUT2D eigenvalue weighted by Crippen LogP contribution is 2.19. The molecular weight excluding hydrogens is 208 g/mol. The molecule has 15 heavy (non-hydrogen) atoms. The summed E-state index contributed by atoms with van der Waals surface area (Å²) >= 11 is 1.81. The van der Waals surface area contributed by atoms with E-state index in [1.807, 2.05) is 6.92 Å². The largest absolute Gasteiger partial charge is 0.353 e. The maximum Gasteiger partial charge on any atom is 0.230 e. The molecule has 0 aromatic rings. The third kappa shape index (κ3) is 5.42. The molecule has 1 unspecified atom stereocenters. The van der Waals surface area contributed by atoms with Crippen LogP contribution in [0, 0.1) is 0 Å². The lowest BCUT2D eigenvalue weighted by atomic mass is 10.2. The molecule has 1 rings (SSSR count). The first kappa shape index (κ1) is 12.8. The summed E-state index contributed by atoms with van der Waals surface area (Å²) in [7, 11) is 0. The van der Waals surface area contributed by atoms with Crippen LogP contribution < -0.4 is 10.6 Å². The number of carbonyl (C=O) groups is 1. The van der Waals surface area contributed by atoms with Gasteiger partial charge >= 0.3 is 0 Å². The van der Waals surface area contributed by atoms with Gasteiger partial charge in [0.05, 0.1) is 5.75 Å². The quantitative estimate of drug-likeness (QED) is 0.750. The fourth-order valence-corrected chi connectivity index (χ4v) is 2.61. The van der Waals surface area contributed by atoms with Gasteiger partial charge in [-0.05, 0) is 39.3 Å². The average Bonchev–Trinajstić information content (AvgIpc) is 2.27. The summed E-state index contributed by atoms with van der Waals surface area (Å²) in [5.41, 5.74) is 0. The van der Waals surface area contributed by atoms with Crippen LogP contribution in [0.5, 0.6) is 0 Å². The molecule has 1 amide bonds. The minimum atomic E-state index is 0.188.